The standard InChI is InChI=1S/C8H16O2.C7H14O2.C6H14/c1-5-8(3,4)7(9)10-6-2;1-5-7(2,3)6(8)9-4;1-5-6(2,3)4/h5-6H2,1-4H3;5H2,1-4H3;5H2,1-4H3. The Morgan fingerprint density at radius 3 is 1.16 bits per heavy atom. The molecule has 4 heteroatoms. The van der Waals surface area contributed by atoms with E-state index >= 15 is 0 Å². The first-order valence-corrected chi connectivity index (χ1v) is 9.40. The van der Waals surface area contributed by atoms with Crippen molar-refractivity contribution in [2.45, 2.75) is 95.4 Å². The summed E-state index contributed by atoms with van der Waals surface area (Å²) in [5.41, 5.74) is -0.0786. The molecule has 0 fully saturated rings. The number of esters is 2. The molecule has 4 nitrogen and oxygen atoms in total. The Labute approximate surface area is 157 Å². The molecule has 0 aromatic rings. The Balaban J connectivity index is -0.000000300. The van der Waals surface area contributed by atoms with Crippen molar-refractivity contribution in [3.05, 3.63) is 0 Å². The first-order chi connectivity index (χ1) is 11.1. The number of carbonyl (C=O) groups excluding carboxylic acids is 2. The van der Waals surface area contributed by atoms with Crippen molar-refractivity contribution in [2.75, 3.05) is 13.7 Å². The van der Waals surface area contributed by atoms with Crippen LogP contribution in [0.2, 0.25) is 0 Å². The van der Waals surface area contributed by atoms with Gasteiger partial charge in [0.15, 0.2) is 0 Å². The van der Waals surface area contributed by atoms with Gasteiger partial charge < -0.3 is 9.47 Å². The maximum absolute atomic E-state index is 11.1. The summed E-state index contributed by atoms with van der Waals surface area (Å²) >= 11 is 0. The van der Waals surface area contributed by atoms with Crippen LogP contribution in [0.15, 0.2) is 0 Å². The maximum Gasteiger partial charge on any atom is 0.311 e. The monoisotopic (exact) mass is 360 g/mol. The number of ether oxygens (including phenoxy) is 2. The number of rotatable bonds is 5. The van der Waals surface area contributed by atoms with Crippen LogP contribution >= 0.6 is 0 Å². The van der Waals surface area contributed by atoms with E-state index in [0.717, 1.165) is 12.8 Å². The Hall–Kier alpha value is -1.06. The van der Waals surface area contributed by atoms with Crippen LogP contribution in [0, 0.1) is 16.2 Å². The number of methoxy groups -OCH3 is 1. The van der Waals surface area contributed by atoms with E-state index in [4.69, 9.17) is 4.74 Å². The highest BCUT2D eigenvalue weighted by molar-refractivity contribution is 5.76. The largest absolute Gasteiger partial charge is 0.469 e. The molecule has 0 spiro atoms. The zero-order chi connectivity index (χ0) is 20.9. The fourth-order valence-electron chi connectivity index (χ4n) is 0.891. The first kappa shape index (κ1) is 28.7. The molecule has 0 aromatic heterocycles. The second kappa shape index (κ2) is 13.2. The van der Waals surface area contributed by atoms with Crippen molar-refractivity contribution in [3.63, 3.8) is 0 Å². The van der Waals surface area contributed by atoms with Crippen molar-refractivity contribution in [1.82, 2.24) is 0 Å². The summed E-state index contributed by atoms with van der Waals surface area (Å²) in [6.07, 6.45) is 2.92. The van der Waals surface area contributed by atoms with Gasteiger partial charge in [-0.1, -0.05) is 48.0 Å². The lowest BCUT2D eigenvalue weighted by molar-refractivity contribution is -0.153. The lowest BCUT2D eigenvalue weighted by Crippen LogP contribution is -2.25. The number of hydrogen-bond donors (Lipinski definition) is 0. The summed E-state index contributed by atoms with van der Waals surface area (Å²) in [4.78, 5) is 21.9. The second-order valence-corrected chi connectivity index (χ2v) is 8.60. The molecule has 0 aliphatic rings. The molecule has 0 saturated carbocycles. The molecule has 0 atom stereocenters. The zero-order valence-electron chi connectivity index (χ0n) is 19.0. The van der Waals surface area contributed by atoms with Crippen LogP contribution in [0.1, 0.15) is 95.4 Å². The number of hydrogen-bond acceptors (Lipinski definition) is 4. The normalized spacial score (nSPS) is 11.4. The smallest absolute Gasteiger partial charge is 0.311 e. The van der Waals surface area contributed by atoms with Gasteiger partial charge in [0.05, 0.1) is 24.5 Å². The predicted molar refractivity (Wildman–Crippen MR) is 107 cm³/mol. The molecule has 0 rings (SSSR count). The van der Waals surface area contributed by atoms with Gasteiger partial charge in [-0.05, 0) is 52.9 Å². The summed E-state index contributed by atoms with van der Waals surface area (Å²) < 4.78 is 9.43. The fraction of sp³-hybridized carbons (Fsp3) is 0.905. The molecule has 0 amide bonds. The minimum Gasteiger partial charge on any atom is -0.469 e. The Kier molecular flexibility index (Phi) is 15.2. The van der Waals surface area contributed by atoms with Crippen molar-refractivity contribution >= 4 is 11.9 Å². The lowest BCUT2D eigenvalue weighted by Gasteiger charge is -2.19. The van der Waals surface area contributed by atoms with Crippen LogP contribution < -0.4 is 0 Å². The van der Waals surface area contributed by atoms with E-state index in [1.54, 1.807) is 0 Å². The summed E-state index contributed by atoms with van der Waals surface area (Å²) in [5.74, 6) is -0.234. The molecular formula is C21H44O4. The molecule has 0 radical (unpaired) electrons. The molecule has 0 unspecified atom stereocenters. The van der Waals surface area contributed by atoms with Crippen LogP contribution in [0.5, 0.6) is 0 Å². The number of carbonyl (C=O) groups is 2. The highest BCUT2D eigenvalue weighted by Crippen LogP contribution is 2.21. The highest BCUT2D eigenvalue weighted by Gasteiger charge is 2.26. The SMILES string of the molecule is CCC(C)(C)C.CCC(C)(C)C(=O)OC.CCOC(=O)C(C)(C)CC. The van der Waals surface area contributed by atoms with E-state index in [0.29, 0.717) is 12.0 Å². The predicted octanol–water partition coefficient (Wildman–Crippen LogP) is 6.02. The van der Waals surface area contributed by atoms with E-state index in [1.165, 1.54) is 13.5 Å². The highest BCUT2D eigenvalue weighted by atomic mass is 16.5. The Bertz CT molecular complexity index is 363. The van der Waals surface area contributed by atoms with Gasteiger partial charge in [-0.15, -0.1) is 0 Å². The third kappa shape index (κ3) is 16.2. The van der Waals surface area contributed by atoms with Gasteiger partial charge in [-0.3, -0.25) is 9.59 Å². The van der Waals surface area contributed by atoms with Gasteiger partial charge in [0.2, 0.25) is 0 Å². The molecule has 0 aliphatic heterocycles. The topological polar surface area (TPSA) is 52.6 Å². The molecule has 0 aliphatic carbocycles. The van der Waals surface area contributed by atoms with Crippen LogP contribution in [0.25, 0.3) is 0 Å². The van der Waals surface area contributed by atoms with E-state index in [-0.39, 0.29) is 22.8 Å². The van der Waals surface area contributed by atoms with Gasteiger partial charge in [-0.2, -0.15) is 0 Å². The minimum atomic E-state index is -0.311. The van der Waals surface area contributed by atoms with Gasteiger partial charge in [-0.25, -0.2) is 0 Å². The van der Waals surface area contributed by atoms with Crippen molar-refractivity contribution in [2.24, 2.45) is 16.2 Å². The van der Waals surface area contributed by atoms with Crippen LogP contribution in [0.4, 0.5) is 0 Å². The molecular weight excluding hydrogens is 316 g/mol. The summed E-state index contributed by atoms with van der Waals surface area (Å²) in [5, 5.41) is 0. The van der Waals surface area contributed by atoms with E-state index < -0.39 is 0 Å². The lowest BCUT2D eigenvalue weighted by atomic mass is 9.91. The van der Waals surface area contributed by atoms with Crippen molar-refractivity contribution in [1.29, 1.82) is 0 Å². The van der Waals surface area contributed by atoms with E-state index in [2.05, 4.69) is 32.4 Å². The van der Waals surface area contributed by atoms with Crippen LogP contribution in [-0.4, -0.2) is 25.7 Å². The van der Waals surface area contributed by atoms with Crippen LogP contribution in [-0.2, 0) is 19.1 Å². The quantitative estimate of drug-likeness (QED) is 0.562. The second-order valence-electron chi connectivity index (χ2n) is 8.60. The average molecular weight is 361 g/mol. The first-order valence-electron chi connectivity index (χ1n) is 9.40. The van der Waals surface area contributed by atoms with E-state index in [1.807, 2.05) is 48.5 Å². The van der Waals surface area contributed by atoms with Gasteiger partial charge in [0.25, 0.3) is 0 Å². The molecule has 0 bridgehead atoms. The van der Waals surface area contributed by atoms with Crippen molar-refractivity contribution < 1.29 is 19.1 Å². The Morgan fingerprint density at radius 2 is 1.00 bits per heavy atom. The third-order valence-corrected chi connectivity index (χ3v) is 4.39. The van der Waals surface area contributed by atoms with E-state index in [9.17, 15) is 9.59 Å². The summed E-state index contributed by atoms with van der Waals surface area (Å²) in [7, 11) is 1.42. The van der Waals surface area contributed by atoms with Gasteiger partial charge >= 0.3 is 11.9 Å². The van der Waals surface area contributed by atoms with Gasteiger partial charge in [0.1, 0.15) is 0 Å². The molecule has 0 saturated heterocycles. The van der Waals surface area contributed by atoms with Crippen molar-refractivity contribution in [3.8, 4) is 0 Å². The maximum atomic E-state index is 11.1. The average Bonchev–Trinajstić information content (AvgIpc) is 2.54. The molecule has 25 heavy (non-hydrogen) atoms. The minimum absolute atomic E-state index is 0.0995. The summed E-state index contributed by atoms with van der Waals surface area (Å²) in [6, 6.07) is 0. The molecule has 152 valence electrons. The van der Waals surface area contributed by atoms with Crippen LogP contribution in [0.3, 0.4) is 0 Å². The molecule has 0 heterocycles. The fourth-order valence-corrected chi connectivity index (χ4v) is 0.891. The Morgan fingerprint density at radius 1 is 0.680 bits per heavy atom. The molecule has 0 N–H and O–H groups in total. The summed E-state index contributed by atoms with van der Waals surface area (Å²) in [6.45, 7) is 22.7. The van der Waals surface area contributed by atoms with Gasteiger partial charge in [0, 0.05) is 0 Å². The zero-order valence-corrected chi connectivity index (χ0v) is 19.0. The third-order valence-electron chi connectivity index (χ3n) is 4.39. The molecule has 0 aromatic carbocycles.